The second-order valence-electron chi connectivity index (χ2n) is 5.06. The van der Waals surface area contributed by atoms with Gasteiger partial charge in [-0.2, -0.15) is 0 Å². The number of hydrogen-bond acceptors (Lipinski definition) is 5. The second kappa shape index (κ2) is 6.84. The highest BCUT2D eigenvalue weighted by Crippen LogP contribution is 2.29. The molecule has 24 heavy (non-hydrogen) atoms. The molecule has 0 aliphatic rings. The molecule has 1 N–H and O–H groups in total. The molecule has 3 aromatic rings. The molecule has 1 amide bonds. The number of hydrogen-bond donors (Lipinski definition) is 1. The molecule has 0 saturated heterocycles. The van der Waals surface area contributed by atoms with Crippen molar-refractivity contribution >= 4 is 32.6 Å². The van der Waals surface area contributed by atoms with Gasteiger partial charge in [0.05, 0.1) is 17.3 Å². The highest BCUT2D eigenvalue weighted by atomic mass is 32.1. The lowest BCUT2D eigenvalue weighted by atomic mass is 10.3. The molecule has 0 aliphatic heterocycles. The Morgan fingerprint density at radius 1 is 1.21 bits per heavy atom. The Hall–Kier alpha value is -2.67. The van der Waals surface area contributed by atoms with Crippen molar-refractivity contribution in [1.29, 1.82) is 0 Å². The van der Waals surface area contributed by atoms with Crippen LogP contribution in [-0.4, -0.2) is 24.1 Å². The Morgan fingerprint density at radius 3 is 2.62 bits per heavy atom. The zero-order valence-corrected chi connectivity index (χ0v) is 13.9. The third-order valence-electron chi connectivity index (χ3n) is 3.32. The third kappa shape index (κ3) is 3.62. The maximum Gasteiger partial charge on any atom is 0.266 e. The van der Waals surface area contributed by atoms with Gasteiger partial charge in [0.15, 0.2) is 11.2 Å². The van der Waals surface area contributed by atoms with E-state index in [0.717, 1.165) is 16.0 Å². The lowest BCUT2D eigenvalue weighted by Gasteiger charge is -2.13. The number of benzene rings is 2. The van der Waals surface area contributed by atoms with Crippen molar-refractivity contribution in [2.45, 2.75) is 13.0 Å². The number of thiazole rings is 1. The standard InChI is InChI=1S/C17H15FN2O3S/c1-10(23-12-5-3-11(18)4-6-12)16(21)20-17-19-14-8-7-13(22-2)9-15(14)24-17/h3-10H,1-2H3,(H,19,20,21)/t10-/m1/s1. The molecule has 0 spiro atoms. The number of fused-ring (bicyclic) bond motifs is 1. The van der Waals surface area contributed by atoms with Crippen LogP contribution in [0.15, 0.2) is 42.5 Å². The van der Waals surface area contributed by atoms with Gasteiger partial charge in [-0.15, -0.1) is 0 Å². The lowest BCUT2D eigenvalue weighted by molar-refractivity contribution is -0.122. The van der Waals surface area contributed by atoms with E-state index in [0.29, 0.717) is 10.9 Å². The van der Waals surface area contributed by atoms with Gasteiger partial charge in [-0.3, -0.25) is 10.1 Å². The Morgan fingerprint density at radius 2 is 1.92 bits per heavy atom. The molecule has 124 valence electrons. The first-order chi connectivity index (χ1) is 11.5. The summed E-state index contributed by atoms with van der Waals surface area (Å²) in [6, 6.07) is 11.0. The molecule has 1 aromatic heterocycles. The quantitative estimate of drug-likeness (QED) is 0.762. The molecule has 0 saturated carbocycles. The Kier molecular flexibility index (Phi) is 4.61. The molecule has 0 fully saturated rings. The summed E-state index contributed by atoms with van der Waals surface area (Å²) in [5.41, 5.74) is 0.781. The average Bonchev–Trinajstić information content (AvgIpc) is 2.97. The minimum atomic E-state index is -0.739. The van der Waals surface area contributed by atoms with E-state index in [1.165, 1.54) is 35.6 Å². The lowest BCUT2D eigenvalue weighted by Crippen LogP contribution is -2.30. The van der Waals surface area contributed by atoms with Crippen LogP contribution in [0.1, 0.15) is 6.92 Å². The van der Waals surface area contributed by atoms with Crippen molar-refractivity contribution in [2.24, 2.45) is 0 Å². The molecular weight excluding hydrogens is 331 g/mol. The molecule has 0 unspecified atom stereocenters. The first-order valence-electron chi connectivity index (χ1n) is 7.23. The molecule has 0 aliphatic carbocycles. The number of nitrogens with one attached hydrogen (secondary N) is 1. The largest absolute Gasteiger partial charge is 0.497 e. The Labute approximate surface area is 142 Å². The molecule has 1 atom stereocenters. The zero-order valence-electron chi connectivity index (χ0n) is 13.1. The highest BCUT2D eigenvalue weighted by molar-refractivity contribution is 7.22. The monoisotopic (exact) mass is 346 g/mol. The van der Waals surface area contributed by atoms with Crippen LogP contribution in [0.3, 0.4) is 0 Å². The molecule has 3 rings (SSSR count). The zero-order chi connectivity index (χ0) is 17.1. The number of aromatic nitrogens is 1. The normalized spacial score (nSPS) is 12.0. The molecule has 2 aromatic carbocycles. The number of carbonyl (C=O) groups is 1. The van der Waals surface area contributed by atoms with Crippen LogP contribution >= 0.6 is 11.3 Å². The number of carbonyl (C=O) groups excluding carboxylic acids is 1. The fourth-order valence-corrected chi connectivity index (χ4v) is 2.96. The van der Waals surface area contributed by atoms with Crippen LogP contribution in [0.5, 0.6) is 11.5 Å². The molecule has 0 bridgehead atoms. The SMILES string of the molecule is COc1ccc2nc(NC(=O)[C@@H](C)Oc3ccc(F)cc3)sc2c1. The van der Waals surface area contributed by atoms with Gasteiger partial charge in [-0.05, 0) is 49.4 Å². The number of methoxy groups -OCH3 is 1. The summed E-state index contributed by atoms with van der Waals surface area (Å²) in [4.78, 5) is 16.6. The van der Waals surface area contributed by atoms with Crippen molar-refractivity contribution < 1.29 is 18.7 Å². The summed E-state index contributed by atoms with van der Waals surface area (Å²) in [5.74, 6) is 0.472. The first kappa shape index (κ1) is 16.2. The van der Waals surface area contributed by atoms with Gasteiger partial charge in [-0.1, -0.05) is 11.3 Å². The van der Waals surface area contributed by atoms with E-state index in [9.17, 15) is 9.18 Å². The summed E-state index contributed by atoms with van der Waals surface area (Å²) in [5, 5.41) is 3.21. The minimum absolute atomic E-state index is 0.328. The number of nitrogens with zero attached hydrogens (tertiary/aromatic N) is 1. The fourth-order valence-electron chi connectivity index (χ4n) is 2.06. The number of anilines is 1. The van der Waals surface area contributed by atoms with E-state index in [4.69, 9.17) is 9.47 Å². The van der Waals surface area contributed by atoms with E-state index >= 15 is 0 Å². The van der Waals surface area contributed by atoms with Crippen LogP contribution < -0.4 is 14.8 Å². The molecule has 7 heteroatoms. The van der Waals surface area contributed by atoms with Gasteiger partial charge in [0.1, 0.15) is 17.3 Å². The maximum absolute atomic E-state index is 12.9. The minimum Gasteiger partial charge on any atom is -0.497 e. The van der Waals surface area contributed by atoms with Crippen LogP contribution in [0.2, 0.25) is 0 Å². The summed E-state index contributed by atoms with van der Waals surface area (Å²) in [6.07, 6.45) is -0.739. The smallest absolute Gasteiger partial charge is 0.266 e. The Bertz CT molecular complexity index is 864. The van der Waals surface area contributed by atoms with Gasteiger partial charge in [-0.25, -0.2) is 9.37 Å². The number of ether oxygens (including phenoxy) is 2. The van der Waals surface area contributed by atoms with Gasteiger partial charge in [0.25, 0.3) is 5.91 Å². The molecule has 1 heterocycles. The highest BCUT2D eigenvalue weighted by Gasteiger charge is 2.17. The van der Waals surface area contributed by atoms with Crippen molar-refractivity contribution in [3.8, 4) is 11.5 Å². The van der Waals surface area contributed by atoms with E-state index in [1.807, 2.05) is 18.2 Å². The van der Waals surface area contributed by atoms with Gasteiger partial charge in [0, 0.05) is 0 Å². The van der Waals surface area contributed by atoms with Gasteiger partial charge < -0.3 is 9.47 Å². The summed E-state index contributed by atoms with van der Waals surface area (Å²) >= 11 is 1.35. The van der Waals surface area contributed by atoms with Crippen molar-refractivity contribution in [3.63, 3.8) is 0 Å². The number of amides is 1. The van der Waals surface area contributed by atoms with Gasteiger partial charge in [0.2, 0.25) is 0 Å². The second-order valence-corrected chi connectivity index (χ2v) is 6.09. The predicted octanol–water partition coefficient (Wildman–Crippen LogP) is 3.85. The molecule has 5 nitrogen and oxygen atoms in total. The first-order valence-corrected chi connectivity index (χ1v) is 8.04. The predicted molar refractivity (Wildman–Crippen MR) is 91.3 cm³/mol. The van der Waals surface area contributed by atoms with E-state index in [-0.39, 0.29) is 11.7 Å². The van der Waals surface area contributed by atoms with Crippen LogP contribution in [0, 0.1) is 5.82 Å². The van der Waals surface area contributed by atoms with E-state index in [2.05, 4.69) is 10.3 Å². The molecule has 0 radical (unpaired) electrons. The average molecular weight is 346 g/mol. The van der Waals surface area contributed by atoms with E-state index in [1.54, 1.807) is 14.0 Å². The third-order valence-corrected chi connectivity index (χ3v) is 4.26. The van der Waals surface area contributed by atoms with Crippen LogP contribution in [-0.2, 0) is 4.79 Å². The van der Waals surface area contributed by atoms with Crippen molar-refractivity contribution in [3.05, 3.63) is 48.3 Å². The Balaban J connectivity index is 1.68. The van der Waals surface area contributed by atoms with Crippen molar-refractivity contribution in [1.82, 2.24) is 4.98 Å². The summed E-state index contributed by atoms with van der Waals surface area (Å²) in [7, 11) is 1.60. The summed E-state index contributed by atoms with van der Waals surface area (Å²) < 4.78 is 24.5. The van der Waals surface area contributed by atoms with Crippen molar-refractivity contribution in [2.75, 3.05) is 12.4 Å². The van der Waals surface area contributed by atoms with Crippen LogP contribution in [0.25, 0.3) is 10.2 Å². The molecular formula is C17H15FN2O3S. The maximum atomic E-state index is 12.9. The topological polar surface area (TPSA) is 60.5 Å². The van der Waals surface area contributed by atoms with Crippen LogP contribution in [0.4, 0.5) is 9.52 Å². The number of halogens is 1. The summed E-state index contributed by atoms with van der Waals surface area (Å²) in [6.45, 7) is 1.62. The van der Waals surface area contributed by atoms with E-state index < -0.39 is 6.10 Å². The number of rotatable bonds is 5. The fraction of sp³-hybridized carbons (Fsp3) is 0.176. The van der Waals surface area contributed by atoms with Gasteiger partial charge >= 0.3 is 0 Å².